The van der Waals surface area contributed by atoms with Crippen molar-refractivity contribution in [3.63, 3.8) is 0 Å². The zero-order valence-corrected chi connectivity index (χ0v) is 21.8. The number of nitrogens with zero attached hydrogens (tertiary/aromatic N) is 1. The SMILES string of the molecule is CCCCC(C(=O)OC)C(C)SC(=O)OC(C)(C)C.COc1ccc2nc(Cl)c(=O)[nH]c2c1. The molecule has 0 saturated heterocycles. The Hall–Kier alpha value is -2.26. The highest BCUT2D eigenvalue weighted by atomic mass is 35.5. The number of carbonyl (C=O) groups excluding carboxylic acids is 2. The number of thioether (sulfide) groups is 1. The number of methoxy groups -OCH3 is 2. The van der Waals surface area contributed by atoms with Gasteiger partial charge in [0.05, 0.1) is 31.2 Å². The van der Waals surface area contributed by atoms with Crippen LogP contribution in [-0.4, -0.2) is 46.3 Å². The molecule has 0 aliphatic rings. The highest BCUT2D eigenvalue weighted by Gasteiger charge is 2.29. The number of hydrogen-bond acceptors (Lipinski definition) is 8. The van der Waals surface area contributed by atoms with Gasteiger partial charge in [0.1, 0.15) is 11.4 Å². The molecular weight excluding hydrogens is 468 g/mol. The second kappa shape index (κ2) is 13.4. The van der Waals surface area contributed by atoms with E-state index in [0.717, 1.165) is 31.0 Å². The number of aromatic nitrogens is 2. The molecule has 184 valence electrons. The summed E-state index contributed by atoms with van der Waals surface area (Å²) in [5.74, 6) is 0.150. The summed E-state index contributed by atoms with van der Waals surface area (Å²) in [6.07, 6.45) is 2.69. The molecule has 2 atom stereocenters. The summed E-state index contributed by atoms with van der Waals surface area (Å²) in [4.78, 5) is 41.1. The van der Waals surface area contributed by atoms with Gasteiger partial charge in [-0.05, 0) is 51.1 Å². The number of aromatic amines is 1. The molecule has 0 bridgehead atoms. The van der Waals surface area contributed by atoms with Crippen molar-refractivity contribution in [2.24, 2.45) is 5.92 Å². The first-order valence-corrected chi connectivity index (χ1v) is 11.9. The molecule has 0 aliphatic carbocycles. The van der Waals surface area contributed by atoms with Crippen LogP contribution in [0.25, 0.3) is 11.0 Å². The normalized spacial score (nSPS) is 12.8. The molecule has 1 heterocycles. The molecule has 0 radical (unpaired) electrons. The van der Waals surface area contributed by atoms with Gasteiger partial charge in [-0.2, -0.15) is 0 Å². The minimum atomic E-state index is -0.506. The molecule has 0 fully saturated rings. The third kappa shape index (κ3) is 10.0. The van der Waals surface area contributed by atoms with E-state index in [0.29, 0.717) is 16.8 Å². The summed E-state index contributed by atoms with van der Waals surface area (Å²) in [5, 5.41) is -0.540. The standard InChI is InChI=1S/C14H26O4S.C9H7ClN2O2/c1-7-8-9-11(12(15)17-6)10(2)19-13(16)18-14(3,4)5;1-14-5-2-3-6-7(4-5)12-9(13)8(10)11-6/h10-11H,7-9H2,1-6H3;2-4H,1H3,(H,12,13). The van der Waals surface area contributed by atoms with Crippen LogP contribution in [0.1, 0.15) is 53.9 Å². The fourth-order valence-corrected chi connectivity index (χ4v) is 3.95. The summed E-state index contributed by atoms with van der Waals surface area (Å²) in [7, 11) is 2.94. The number of nitrogens with one attached hydrogen (secondary N) is 1. The van der Waals surface area contributed by atoms with Crippen LogP contribution in [0.5, 0.6) is 5.75 Å². The second-order valence-electron chi connectivity index (χ2n) is 8.30. The maximum absolute atomic E-state index is 11.7. The lowest BCUT2D eigenvalue weighted by atomic mass is 9.99. The van der Waals surface area contributed by atoms with Crippen molar-refractivity contribution < 1.29 is 23.8 Å². The zero-order chi connectivity index (χ0) is 25.2. The summed E-state index contributed by atoms with van der Waals surface area (Å²) < 4.78 is 15.1. The maximum atomic E-state index is 11.7. The number of H-pyrrole nitrogens is 1. The van der Waals surface area contributed by atoms with Crippen LogP contribution >= 0.6 is 23.4 Å². The highest BCUT2D eigenvalue weighted by Crippen LogP contribution is 2.28. The van der Waals surface area contributed by atoms with Crippen molar-refractivity contribution in [3.8, 4) is 5.75 Å². The van der Waals surface area contributed by atoms with E-state index < -0.39 is 11.2 Å². The molecule has 0 spiro atoms. The van der Waals surface area contributed by atoms with Crippen LogP contribution in [0.15, 0.2) is 23.0 Å². The number of ether oxygens (including phenoxy) is 3. The maximum Gasteiger partial charge on any atom is 0.368 e. The Morgan fingerprint density at radius 2 is 1.91 bits per heavy atom. The number of esters is 1. The molecule has 1 N–H and O–H groups in total. The van der Waals surface area contributed by atoms with Gasteiger partial charge >= 0.3 is 11.3 Å². The van der Waals surface area contributed by atoms with E-state index in [2.05, 4.69) is 16.9 Å². The Labute approximate surface area is 203 Å². The minimum absolute atomic E-state index is 0.0531. The molecule has 2 aromatic rings. The van der Waals surface area contributed by atoms with Gasteiger partial charge in [-0.15, -0.1) is 0 Å². The van der Waals surface area contributed by atoms with Crippen LogP contribution < -0.4 is 10.3 Å². The van der Waals surface area contributed by atoms with Crippen molar-refractivity contribution in [3.05, 3.63) is 33.7 Å². The fraction of sp³-hybridized carbons (Fsp3) is 0.565. The summed E-state index contributed by atoms with van der Waals surface area (Å²) >= 11 is 6.64. The Balaban J connectivity index is 0.000000342. The van der Waals surface area contributed by atoms with Gasteiger partial charge in [-0.1, -0.05) is 38.3 Å². The number of hydrogen-bond donors (Lipinski definition) is 1. The molecule has 10 heteroatoms. The average Bonchev–Trinajstić information content (AvgIpc) is 2.73. The van der Waals surface area contributed by atoms with Crippen molar-refractivity contribution in [1.82, 2.24) is 9.97 Å². The number of benzene rings is 1. The van der Waals surface area contributed by atoms with E-state index in [9.17, 15) is 14.4 Å². The van der Waals surface area contributed by atoms with Crippen molar-refractivity contribution >= 4 is 45.7 Å². The first-order chi connectivity index (χ1) is 15.4. The number of rotatable bonds is 7. The molecule has 0 aliphatic heterocycles. The molecule has 1 aromatic heterocycles. The molecule has 2 rings (SSSR count). The first kappa shape index (κ1) is 28.8. The molecule has 0 amide bonds. The van der Waals surface area contributed by atoms with Gasteiger partial charge < -0.3 is 19.2 Å². The summed E-state index contributed by atoms with van der Waals surface area (Å²) in [5.41, 5.74) is 0.343. The number of fused-ring (bicyclic) bond motifs is 1. The van der Waals surface area contributed by atoms with Crippen molar-refractivity contribution in [2.45, 2.75) is 64.7 Å². The van der Waals surface area contributed by atoms with E-state index >= 15 is 0 Å². The summed E-state index contributed by atoms with van der Waals surface area (Å²) in [6, 6.07) is 5.18. The number of halogens is 1. The van der Waals surface area contributed by atoms with Gasteiger partial charge in [-0.25, -0.2) is 9.78 Å². The van der Waals surface area contributed by atoms with Gasteiger partial charge in [0.2, 0.25) is 0 Å². The zero-order valence-electron chi connectivity index (χ0n) is 20.2. The van der Waals surface area contributed by atoms with Crippen molar-refractivity contribution in [1.29, 1.82) is 0 Å². The quantitative estimate of drug-likeness (QED) is 0.489. The topological polar surface area (TPSA) is 108 Å². The van der Waals surface area contributed by atoms with Crippen LogP contribution in [0.3, 0.4) is 0 Å². The van der Waals surface area contributed by atoms with Crippen LogP contribution in [0.4, 0.5) is 4.79 Å². The Kier molecular flexibility index (Phi) is 11.7. The Morgan fingerprint density at radius 3 is 2.45 bits per heavy atom. The monoisotopic (exact) mass is 500 g/mol. The smallest absolute Gasteiger partial charge is 0.368 e. The lowest BCUT2D eigenvalue weighted by molar-refractivity contribution is -0.145. The molecular formula is C23H33ClN2O6S. The molecule has 2 unspecified atom stereocenters. The molecule has 33 heavy (non-hydrogen) atoms. The molecule has 1 aromatic carbocycles. The minimum Gasteiger partial charge on any atom is -0.497 e. The van der Waals surface area contributed by atoms with Gasteiger partial charge in [0, 0.05) is 11.3 Å². The number of carbonyl (C=O) groups is 2. The second-order valence-corrected chi connectivity index (χ2v) is 9.97. The third-order valence-corrected chi connectivity index (χ3v) is 5.70. The van der Waals surface area contributed by atoms with E-state index in [1.54, 1.807) is 25.3 Å². The van der Waals surface area contributed by atoms with Crippen LogP contribution in [0, 0.1) is 5.92 Å². The van der Waals surface area contributed by atoms with Gasteiger partial charge in [0.25, 0.3) is 5.56 Å². The Bertz CT molecular complexity index is 989. The third-order valence-electron chi connectivity index (χ3n) is 4.47. The molecule has 8 nitrogen and oxygen atoms in total. The Morgan fingerprint density at radius 1 is 1.24 bits per heavy atom. The predicted molar refractivity (Wildman–Crippen MR) is 132 cm³/mol. The predicted octanol–water partition coefficient (Wildman–Crippen LogP) is 5.61. The summed E-state index contributed by atoms with van der Waals surface area (Å²) in [6.45, 7) is 9.41. The average molecular weight is 501 g/mol. The first-order valence-electron chi connectivity index (χ1n) is 10.6. The largest absolute Gasteiger partial charge is 0.497 e. The molecule has 0 saturated carbocycles. The highest BCUT2D eigenvalue weighted by molar-refractivity contribution is 8.13. The van der Waals surface area contributed by atoms with Gasteiger partial charge in [-0.3, -0.25) is 9.59 Å². The van der Waals surface area contributed by atoms with Gasteiger partial charge in [0.15, 0.2) is 5.15 Å². The van der Waals surface area contributed by atoms with Crippen LogP contribution in [0.2, 0.25) is 5.15 Å². The lowest BCUT2D eigenvalue weighted by Gasteiger charge is -2.23. The van der Waals surface area contributed by atoms with E-state index in [-0.39, 0.29) is 27.6 Å². The van der Waals surface area contributed by atoms with E-state index in [1.807, 2.05) is 27.7 Å². The number of unbranched alkanes of at least 4 members (excludes halogenated alkanes) is 1. The lowest BCUT2D eigenvalue weighted by Crippen LogP contribution is -2.28. The van der Waals surface area contributed by atoms with Crippen molar-refractivity contribution in [2.75, 3.05) is 14.2 Å². The van der Waals surface area contributed by atoms with E-state index in [1.165, 1.54) is 7.11 Å². The fourth-order valence-electron chi connectivity index (χ4n) is 2.80. The van der Waals surface area contributed by atoms with Crippen LogP contribution in [-0.2, 0) is 14.3 Å². The van der Waals surface area contributed by atoms with E-state index in [4.69, 9.17) is 25.8 Å².